The molecule has 2 aromatic carbocycles. The first-order valence-corrected chi connectivity index (χ1v) is 13.4. The number of pyridine rings is 1. The number of nitrogens with zero attached hydrogens (tertiary/aromatic N) is 3. The minimum atomic E-state index is -3.58. The first-order chi connectivity index (χ1) is 16.4. The Labute approximate surface area is 202 Å². The molecule has 1 aromatic heterocycles. The number of likely N-dealkylation sites (N-methyl/N-ethyl adjacent to an activating group) is 1. The summed E-state index contributed by atoms with van der Waals surface area (Å²) >= 11 is 0. The Morgan fingerprint density at radius 1 is 1.06 bits per heavy atom. The summed E-state index contributed by atoms with van der Waals surface area (Å²) in [7, 11) is -3.58. The van der Waals surface area contributed by atoms with Crippen molar-refractivity contribution in [2.75, 3.05) is 39.3 Å². The number of hydrogen-bond acceptors (Lipinski definition) is 6. The predicted molar refractivity (Wildman–Crippen MR) is 136 cm³/mol. The number of para-hydroxylation sites is 1. The van der Waals surface area contributed by atoms with Crippen molar-refractivity contribution >= 4 is 20.9 Å². The monoisotopic (exact) mass is 482 g/mol. The standard InChI is InChI=1S/C26H34N4O3S/c1-4-29-13-15-30(16-14-29)21(3)18-27-34(31,32)24-11-9-23(10-12-24)33-19-22-17-20(2)28-26-8-6-5-7-25(22)26/h5-12,17,21,27H,4,13-16,18-19H2,1-3H3/t21-/m0/s1. The summed E-state index contributed by atoms with van der Waals surface area (Å²) in [6.07, 6.45) is 0. The Kier molecular flexibility index (Phi) is 7.83. The molecule has 0 spiro atoms. The summed E-state index contributed by atoms with van der Waals surface area (Å²) in [6, 6.07) is 16.8. The van der Waals surface area contributed by atoms with Crippen LogP contribution in [0.5, 0.6) is 5.75 Å². The summed E-state index contributed by atoms with van der Waals surface area (Å²) in [4.78, 5) is 9.56. The van der Waals surface area contributed by atoms with Crippen molar-refractivity contribution in [1.29, 1.82) is 0 Å². The predicted octanol–water partition coefficient (Wildman–Crippen LogP) is 3.43. The van der Waals surface area contributed by atoms with Gasteiger partial charge in [-0.1, -0.05) is 25.1 Å². The van der Waals surface area contributed by atoms with Crippen molar-refractivity contribution in [3.8, 4) is 5.75 Å². The average molecular weight is 483 g/mol. The highest BCUT2D eigenvalue weighted by molar-refractivity contribution is 7.89. The number of hydrogen-bond donors (Lipinski definition) is 1. The van der Waals surface area contributed by atoms with Crippen LogP contribution in [0.1, 0.15) is 25.1 Å². The number of ether oxygens (including phenoxy) is 1. The van der Waals surface area contributed by atoms with E-state index in [-0.39, 0.29) is 10.9 Å². The Morgan fingerprint density at radius 2 is 1.76 bits per heavy atom. The summed E-state index contributed by atoms with van der Waals surface area (Å²) in [5.74, 6) is 0.625. The van der Waals surface area contributed by atoms with E-state index >= 15 is 0 Å². The van der Waals surface area contributed by atoms with Gasteiger partial charge in [0.25, 0.3) is 0 Å². The second-order valence-electron chi connectivity index (χ2n) is 8.87. The average Bonchev–Trinajstić information content (AvgIpc) is 2.86. The fourth-order valence-corrected chi connectivity index (χ4v) is 5.48. The van der Waals surface area contributed by atoms with Gasteiger partial charge in [-0.3, -0.25) is 9.88 Å². The van der Waals surface area contributed by atoms with Crippen LogP contribution in [0.15, 0.2) is 59.5 Å². The number of fused-ring (bicyclic) bond motifs is 1. The highest BCUT2D eigenvalue weighted by Crippen LogP contribution is 2.22. The van der Waals surface area contributed by atoms with E-state index in [0.717, 1.165) is 54.9 Å². The van der Waals surface area contributed by atoms with Crippen LogP contribution >= 0.6 is 0 Å². The fraction of sp³-hybridized carbons (Fsp3) is 0.423. The van der Waals surface area contributed by atoms with E-state index < -0.39 is 10.0 Å². The fourth-order valence-electron chi connectivity index (χ4n) is 4.35. The third-order valence-corrected chi connectivity index (χ3v) is 7.94. The molecule has 0 saturated carbocycles. The molecular weight excluding hydrogens is 448 g/mol. The molecule has 1 saturated heterocycles. The molecule has 0 bridgehead atoms. The quantitative estimate of drug-likeness (QED) is 0.504. The molecule has 1 atom stereocenters. The third kappa shape index (κ3) is 5.93. The maximum absolute atomic E-state index is 12.8. The smallest absolute Gasteiger partial charge is 0.240 e. The van der Waals surface area contributed by atoms with Gasteiger partial charge >= 0.3 is 0 Å². The molecule has 1 aliphatic rings. The largest absolute Gasteiger partial charge is 0.489 e. The molecular formula is C26H34N4O3S. The maximum atomic E-state index is 12.8. The molecule has 4 rings (SSSR count). The van der Waals surface area contributed by atoms with Crippen LogP contribution in [-0.2, 0) is 16.6 Å². The molecule has 3 aromatic rings. The van der Waals surface area contributed by atoms with E-state index in [1.165, 1.54) is 0 Å². The van der Waals surface area contributed by atoms with Crippen LogP contribution in [0.25, 0.3) is 10.9 Å². The second-order valence-corrected chi connectivity index (χ2v) is 10.6. The van der Waals surface area contributed by atoms with Crippen LogP contribution in [0.2, 0.25) is 0 Å². The molecule has 0 radical (unpaired) electrons. The molecule has 1 fully saturated rings. The zero-order chi connectivity index (χ0) is 24.1. The number of benzene rings is 2. The Morgan fingerprint density at radius 3 is 2.47 bits per heavy atom. The van der Waals surface area contributed by atoms with Crippen LogP contribution in [0.3, 0.4) is 0 Å². The van der Waals surface area contributed by atoms with Gasteiger partial charge in [0, 0.05) is 55.4 Å². The normalized spacial score (nSPS) is 16.6. The van der Waals surface area contributed by atoms with E-state index in [2.05, 4.69) is 33.4 Å². The van der Waals surface area contributed by atoms with Crippen LogP contribution in [-0.4, -0.2) is 68.5 Å². The first kappa shape index (κ1) is 24.6. The zero-order valence-corrected chi connectivity index (χ0v) is 21.0. The minimum Gasteiger partial charge on any atom is -0.489 e. The first-order valence-electron chi connectivity index (χ1n) is 11.9. The van der Waals surface area contributed by atoms with Crippen molar-refractivity contribution in [1.82, 2.24) is 19.5 Å². The lowest BCUT2D eigenvalue weighted by Gasteiger charge is -2.37. The number of rotatable bonds is 9. The number of nitrogens with one attached hydrogen (secondary N) is 1. The van der Waals surface area contributed by atoms with Crippen LogP contribution in [0.4, 0.5) is 0 Å². The lowest BCUT2D eigenvalue weighted by atomic mass is 10.1. The summed E-state index contributed by atoms with van der Waals surface area (Å²) < 4.78 is 34.3. The minimum absolute atomic E-state index is 0.148. The van der Waals surface area contributed by atoms with Crippen molar-refractivity contribution in [3.05, 3.63) is 65.9 Å². The third-order valence-electron chi connectivity index (χ3n) is 6.50. The molecule has 1 aliphatic heterocycles. The van der Waals surface area contributed by atoms with Gasteiger partial charge in [0.2, 0.25) is 10.0 Å². The number of sulfonamides is 1. The Hall–Kier alpha value is -2.52. The molecule has 0 unspecified atom stereocenters. The number of aryl methyl sites for hydroxylation is 1. The number of piperazine rings is 1. The van der Waals surface area contributed by atoms with Gasteiger partial charge in [0.05, 0.1) is 10.4 Å². The van der Waals surface area contributed by atoms with Gasteiger partial charge in [-0.05, 0) is 56.8 Å². The van der Waals surface area contributed by atoms with Crippen molar-refractivity contribution in [3.63, 3.8) is 0 Å². The van der Waals surface area contributed by atoms with Crippen molar-refractivity contribution in [2.24, 2.45) is 0 Å². The van der Waals surface area contributed by atoms with Gasteiger partial charge in [0.15, 0.2) is 0 Å². The van der Waals surface area contributed by atoms with E-state index in [0.29, 0.717) is 18.9 Å². The van der Waals surface area contributed by atoms with Gasteiger partial charge in [-0.15, -0.1) is 0 Å². The second kappa shape index (κ2) is 10.8. The Balaban J connectivity index is 1.34. The molecule has 2 heterocycles. The van der Waals surface area contributed by atoms with Crippen molar-refractivity contribution < 1.29 is 13.2 Å². The molecule has 34 heavy (non-hydrogen) atoms. The Bertz CT molecular complexity index is 1210. The van der Waals surface area contributed by atoms with Crippen LogP contribution < -0.4 is 9.46 Å². The molecule has 7 nitrogen and oxygen atoms in total. The van der Waals surface area contributed by atoms with E-state index in [4.69, 9.17) is 4.74 Å². The SMILES string of the molecule is CCN1CCN([C@@H](C)CNS(=O)(=O)c2ccc(OCc3cc(C)nc4ccccc34)cc2)CC1. The van der Waals surface area contributed by atoms with E-state index in [1.54, 1.807) is 24.3 Å². The van der Waals surface area contributed by atoms with E-state index in [1.807, 2.05) is 37.3 Å². The lowest BCUT2D eigenvalue weighted by molar-refractivity contribution is 0.107. The van der Waals surface area contributed by atoms with Gasteiger partial charge < -0.3 is 9.64 Å². The maximum Gasteiger partial charge on any atom is 0.240 e. The molecule has 0 amide bonds. The summed E-state index contributed by atoms with van der Waals surface area (Å²) in [6.45, 7) is 12.1. The highest BCUT2D eigenvalue weighted by atomic mass is 32.2. The molecule has 8 heteroatoms. The van der Waals surface area contributed by atoms with Gasteiger partial charge in [0.1, 0.15) is 12.4 Å². The molecule has 182 valence electrons. The molecule has 0 aliphatic carbocycles. The van der Waals surface area contributed by atoms with E-state index in [9.17, 15) is 8.42 Å². The summed E-state index contributed by atoms with van der Waals surface area (Å²) in [5, 5.41) is 1.06. The van der Waals surface area contributed by atoms with Crippen molar-refractivity contribution in [2.45, 2.75) is 38.3 Å². The van der Waals surface area contributed by atoms with Gasteiger partial charge in [-0.2, -0.15) is 0 Å². The van der Waals surface area contributed by atoms with Gasteiger partial charge in [-0.25, -0.2) is 13.1 Å². The molecule has 1 N–H and O–H groups in total. The highest BCUT2D eigenvalue weighted by Gasteiger charge is 2.22. The van der Waals surface area contributed by atoms with Crippen LogP contribution in [0, 0.1) is 6.92 Å². The lowest BCUT2D eigenvalue weighted by Crippen LogP contribution is -2.52. The topological polar surface area (TPSA) is 74.8 Å². The zero-order valence-electron chi connectivity index (χ0n) is 20.2. The summed E-state index contributed by atoms with van der Waals surface area (Å²) in [5.41, 5.74) is 2.93. The number of aromatic nitrogens is 1.